The summed E-state index contributed by atoms with van der Waals surface area (Å²) in [6.07, 6.45) is 0. The van der Waals surface area contributed by atoms with Crippen LogP contribution < -0.4 is 0 Å². The van der Waals surface area contributed by atoms with Crippen LogP contribution in [0.25, 0.3) is 55.7 Å². The summed E-state index contributed by atoms with van der Waals surface area (Å²) < 4.78 is 0. The Morgan fingerprint density at radius 1 is 0.455 bits per heavy atom. The van der Waals surface area contributed by atoms with Crippen molar-refractivity contribution >= 4 is 33.1 Å². The van der Waals surface area contributed by atoms with Gasteiger partial charge in [-0.3, -0.25) is 0 Å². The molecule has 0 saturated carbocycles. The molecule has 33 heavy (non-hydrogen) atoms. The third-order valence-electron chi connectivity index (χ3n) is 5.78. The average molecular weight is 444 g/mol. The van der Waals surface area contributed by atoms with E-state index in [4.69, 9.17) is 26.6 Å². The maximum absolute atomic E-state index is 6.47. The average Bonchev–Trinajstić information content (AvgIpc) is 2.88. The van der Waals surface area contributed by atoms with E-state index in [-0.39, 0.29) is 0 Å². The molecule has 1 heterocycles. The van der Waals surface area contributed by atoms with Crippen LogP contribution in [0.15, 0.2) is 109 Å². The molecule has 6 rings (SSSR count). The van der Waals surface area contributed by atoms with Crippen molar-refractivity contribution in [1.82, 2.24) is 15.0 Å². The zero-order chi connectivity index (χ0) is 22.2. The van der Waals surface area contributed by atoms with E-state index in [2.05, 4.69) is 36.4 Å². The SMILES string of the molecule is Clc1cccc2c(-c3nc(-c4ccccc4)nc(-c4ccc5ccccc5c4)n3)cccc12. The Hall–Kier alpha value is -4.08. The predicted molar refractivity (Wildman–Crippen MR) is 136 cm³/mol. The summed E-state index contributed by atoms with van der Waals surface area (Å²) in [5.41, 5.74) is 2.82. The van der Waals surface area contributed by atoms with Gasteiger partial charge in [0.05, 0.1) is 0 Å². The lowest BCUT2D eigenvalue weighted by Gasteiger charge is -2.11. The van der Waals surface area contributed by atoms with E-state index in [1.807, 2.05) is 72.8 Å². The zero-order valence-electron chi connectivity index (χ0n) is 17.6. The van der Waals surface area contributed by atoms with Crippen molar-refractivity contribution in [2.75, 3.05) is 0 Å². The molecule has 0 spiro atoms. The topological polar surface area (TPSA) is 38.7 Å². The fourth-order valence-corrected chi connectivity index (χ4v) is 4.37. The van der Waals surface area contributed by atoms with E-state index in [1.54, 1.807) is 0 Å². The number of hydrogen-bond acceptors (Lipinski definition) is 3. The third kappa shape index (κ3) is 3.63. The first-order valence-electron chi connectivity index (χ1n) is 10.7. The molecule has 5 aromatic carbocycles. The lowest BCUT2D eigenvalue weighted by Crippen LogP contribution is -2.00. The van der Waals surface area contributed by atoms with Gasteiger partial charge in [0.2, 0.25) is 0 Å². The lowest BCUT2D eigenvalue weighted by atomic mass is 10.0. The van der Waals surface area contributed by atoms with Crippen LogP contribution >= 0.6 is 11.6 Å². The van der Waals surface area contributed by atoms with Crippen LogP contribution in [0.1, 0.15) is 0 Å². The Labute approximate surface area is 196 Å². The van der Waals surface area contributed by atoms with Crippen molar-refractivity contribution in [3.8, 4) is 34.2 Å². The van der Waals surface area contributed by atoms with Gasteiger partial charge in [-0.05, 0) is 28.3 Å². The van der Waals surface area contributed by atoms with E-state index in [0.717, 1.165) is 32.8 Å². The quantitative estimate of drug-likeness (QED) is 0.279. The zero-order valence-corrected chi connectivity index (χ0v) is 18.4. The molecule has 6 aromatic rings. The highest BCUT2D eigenvalue weighted by Gasteiger charge is 2.15. The van der Waals surface area contributed by atoms with Crippen LogP contribution in [0.3, 0.4) is 0 Å². The predicted octanol–water partition coefficient (Wildman–Crippen LogP) is 7.83. The molecule has 0 N–H and O–H groups in total. The molecule has 1 aromatic heterocycles. The van der Waals surface area contributed by atoms with Crippen molar-refractivity contribution in [2.45, 2.75) is 0 Å². The first-order valence-corrected chi connectivity index (χ1v) is 11.1. The van der Waals surface area contributed by atoms with Crippen LogP contribution in [0, 0.1) is 0 Å². The minimum atomic E-state index is 0.625. The van der Waals surface area contributed by atoms with Gasteiger partial charge < -0.3 is 0 Å². The normalized spacial score (nSPS) is 11.2. The molecule has 3 nitrogen and oxygen atoms in total. The number of hydrogen-bond donors (Lipinski definition) is 0. The Kier molecular flexibility index (Phi) is 4.82. The summed E-state index contributed by atoms with van der Waals surface area (Å²) in [6.45, 7) is 0. The van der Waals surface area contributed by atoms with E-state index < -0.39 is 0 Å². The molecule has 0 bridgehead atoms. The van der Waals surface area contributed by atoms with Crippen LogP contribution in [-0.4, -0.2) is 15.0 Å². The number of fused-ring (bicyclic) bond motifs is 2. The molecule has 0 amide bonds. The van der Waals surface area contributed by atoms with Gasteiger partial charge in [-0.1, -0.05) is 109 Å². The van der Waals surface area contributed by atoms with Crippen molar-refractivity contribution < 1.29 is 0 Å². The van der Waals surface area contributed by atoms with E-state index in [1.165, 1.54) is 5.39 Å². The van der Waals surface area contributed by atoms with Crippen molar-refractivity contribution in [3.05, 3.63) is 114 Å². The molecule has 0 aliphatic carbocycles. The molecular weight excluding hydrogens is 426 g/mol. The monoisotopic (exact) mass is 443 g/mol. The summed E-state index contributed by atoms with van der Waals surface area (Å²) in [7, 11) is 0. The van der Waals surface area contributed by atoms with E-state index >= 15 is 0 Å². The molecular formula is C29H18ClN3. The summed E-state index contributed by atoms with van der Waals surface area (Å²) in [4.78, 5) is 14.7. The molecule has 4 heteroatoms. The molecule has 0 aliphatic heterocycles. The van der Waals surface area contributed by atoms with Crippen molar-refractivity contribution in [3.63, 3.8) is 0 Å². The summed E-state index contributed by atoms with van der Waals surface area (Å²) >= 11 is 6.47. The number of benzene rings is 5. The summed E-state index contributed by atoms with van der Waals surface area (Å²) in [6, 6.07) is 36.6. The van der Waals surface area contributed by atoms with Crippen LogP contribution in [0.5, 0.6) is 0 Å². The molecule has 156 valence electrons. The van der Waals surface area contributed by atoms with Gasteiger partial charge in [0.15, 0.2) is 17.5 Å². The number of rotatable bonds is 3. The minimum absolute atomic E-state index is 0.625. The highest BCUT2D eigenvalue weighted by molar-refractivity contribution is 6.35. The molecule has 0 aliphatic rings. The summed E-state index contributed by atoms with van der Waals surface area (Å²) in [5.74, 6) is 1.91. The van der Waals surface area contributed by atoms with Gasteiger partial charge >= 0.3 is 0 Å². The second-order valence-corrected chi connectivity index (χ2v) is 8.28. The Morgan fingerprint density at radius 3 is 1.97 bits per heavy atom. The number of halogens is 1. The highest BCUT2D eigenvalue weighted by atomic mass is 35.5. The molecule has 0 atom stereocenters. The van der Waals surface area contributed by atoms with Gasteiger partial charge in [-0.2, -0.15) is 0 Å². The molecule has 0 saturated heterocycles. The van der Waals surface area contributed by atoms with Gasteiger partial charge in [0.25, 0.3) is 0 Å². The fourth-order valence-electron chi connectivity index (χ4n) is 4.14. The lowest BCUT2D eigenvalue weighted by molar-refractivity contribution is 1.08. The van der Waals surface area contributed by atoms with Gasteiger partial charge in [0, 0.05) is 27.1 Å². The Bertz CT molecular complexity index is 1630. The largest absolute Gasteiger partial charge is 0.208 e. The first kappa shape index (κ1) is 19.6. The minimum Gasteiger partial charge on any atom is -0.208 e. The standard InChI is InChI=1S/C29H18ClN3/c30-26-15-7-12-23-24(26)13-6-14-25(23)29-32-27(20-9-2-1-3-10-20)31-28(33-29)22-17-16-19-8-4-5-11-21(19)18-22/h1-18H. The molecule has 0 radical (unpaired) electrons. The van der Waals surface area contributed by atoms with Gasteiger partial charge in [-0.15, -0.1) is 0 Å². The van der Waals surface area contributed by atoms with E-state index in [0.29, 0.717) is 22.5 Å². The summed E-state index contributed by atoms with van der Waals surface area (Å²) in [5, 5.41) is 5.03. The van der Waals surface area contributed by atoms with Crippen LogP contribution in [0.2, 0.25) is 5.02 Å². The van der Waals surface area contributed by atoms with Gasteiger partial charge in [-0.25, -0.2) is 15.0 Å². The molecule has 0 unspecified atom stereocenters. The highest BCUT2D eigenvalue weighted by Crippen LogP contribution is 2.33. The van der Waals surface area contributed by atoms with Gasteiger partial charge in [0.1, 0.15) is 0 Å². The van der Waals surface area contributed by atoms with Crippen molar-refractivity contribution in [1.29, 1.82) is 0 Å². The van der Waals surface area contributed by atoms with Crippen LogP contribution in [-0.2, 0) is 0 Å². The maximum Gasteiger partial charge on any atom is 0.164 e. The Morgan fingerprint density at radius 2 is 1.12 bits per heavy atom. The number of nitrogens with zero attached hydrogens (tertiary/aromatic N) is 3. The fraction of sp³-hybridized carbons (Fsp3) is 0. The van der Waals surface area contributed by atoms with Crippen molar-refractivity contribution in [2.24, 2.45) is 0 Å². The number of aromatic nitrogens is 3. The second kappa shape index (κ2) is 8.12. The second-order valence-electron chi connectivity index (χ2n) is 7.87. The molecule has 0 fully saturated rings. The maximum atomic E-state index is 6.47. The third-order valence-corrected chi connectivity index (χ3v) is 6.11. The van der Waals surface area contributed by atoms with Crippen LogP contribution in [0.4, 0.5) is 0 Å². The smallest absolute Gasteiger partial charge is 0.164 e. The Balaban J connectivity index is 1.61. The first-order chi connectivity index (χ1) is 16.3. The van der Waals surface area contributed by atoms with E-state index in [9.17, 15) is 0 Å².